The van der Waals surface area contributed by atoms with Crippen LogP contribution in [0.15, 0.2) is 0 Å². The van der Waals surface area contributed by atoms with Gasteiger partial charge in [-0.05, 0) is 12.8 Å². The monoisotopic (exact) mass is 342 g/mol. The fraction of sp³-hybridized carbons (Fsp3) is 0.952. The molecule has 0 rings (SSSR count). The Morgan fingerprint density at radius 1 is 0.750 bits per heavy atom. The summed E-state index contributed by atoms with van der Waals surface area (Å²) in [4.78, 5) is 11.4. The van der Waals surface area contributed by atoms with Gasteiger partial charge in [-0.15, -0.1) is 0 Å². The average molecular weight is 343 g/mol. The number of aliphatic hydroxyl groups excluding tert-OH is 1. The van der Waals surface area contributed by atoms with Gasteiger partial charge in [-0.3, -0.25) is 4.79 Å². The van der Waals surface area contributed by atoms with Crippen LogP contribution in [0.2, 0.25) is 0 Å². The summed E-state index contributed by atoms with van der Waals surface area (Å²) in [5, 5.41) is 9.80. The molecule has 0 saturated carbocycles. The maximum atomic E-state index is 11.4. The highest BCUT2D eigenvalue weighted by Crippen LogP contribution is 2.14. The van der Waals surface area contributed by atoms with Crippen LogP contribution in [0, 0.1) is 0 Å². The highest BCUT2D eigenvalue weighted by Gasteiger charge is 2.11. The zero-order valence-corrected chi connectivity index (χ0v) is 16.4. The van der Waals surface area contributed by atoms with Crippen molar-refractivity contribution in [3.8, 4) is 0 Å². The third-order valence-corrected chi connectivity index (χ3v) is 4.51. The summed E-state index contributed by atoms with van der Waals surface area (Å²) in [7, 11) is 0. The Bertz CT molecular complexity index is 266. The molecule has 0 radical (unpaired) electrons. The summed E-state index contributed by atoms with van der Waals surface area (Å²) < 4.78 is 4.98. The summed E-state index contributed by atoms with van der Waals surface area (Å²) in [6.45, 7) is 4.70. The Morgan fingerprint density at radius 3 is 1.67 bits per heavy atom. The molecule has 1 unspecified atom stereocenters. The van der Waals surface area contributed by atoms with Gasteiger partial charge in [0.05, 0.1) is 19.1 Å². The number of unbranched alkanes of at least 4 members (excludes halogenated alkanes) is 12. The number of hydrogen-bond donors (Lipinski definition) is 1. The van der Waals surface area contributed by atoms with E-state index >= 15 is 0 Å². The van der Waals surface area contributed by atoms with Gasteiger partial charge in [0.15, 0.2) is 0 Å². The van der Waals surface area contributed by atoms with Gasteiger partial charge in [0, 0.05) is 0 Å². The molecule has 0 fully saturated rings. The lowest BCUT2D eigenvalue weighted by atomic mass is 10.0. The fourth-order valence-electron chi connectivity index (χ4n) is 2.97. The van der Waals surface area contributed by atoms with Gasteiger partial charge >= 0.3 is 5.97 Å². The summed E-state index contributed by atoms with van der Waals surface area (Å²) >= 11 is 0. The number of ether oxygens (including phenoxy) is 1. The zero-order chi connectivity index (χ0) is 17.9. The van der Waals surface area contributed by atoms with Gasteiger partial charge in [0.2, 0.25) is 0 Å². The summed E-state index contributed by atoms with van der Waals surface area (Å²) in [5.74, 6) is -0.265. The van der Waals surface area contributed by atoms with Crippen LogP contribution in [0.5, 0.6) is 0 Å². The average Bonchev–Trinajstić information content (AvgIpc) is 2.57. The van der Waals surface area contributed by atoms with Crippen LogP contribution in [0.4, 0.5) is 0 Å². The predicted octanol–water partition coefficient (Wildman–Crippen LogP) is 6.17. The predicted molar refractivity (Wildman–Crippen MR) is 102 cm³/mol. The van der Waals surface area contributed by atoms with Crippen LogP contribution in [0.3, 0.4) is 0 Å². The number of carbonyl (C=O) groups excluding carboxylic acids is 1. The molecule has 0 aromatic heterocycles. The first-order chi connectivity index (χ1) is 11.7. The molecule has 0 aliphatic carbocycles. The molecule has 0 aliphatic heterocycles. The summed E-state index contributed by atoms with van der Waals surface area (Å²) in [6, 6.07) is 0. The quantitative estimate of drug-likeness (QED) is 0.239. The highest BCUT2D eigenvalue weighted by molar-refractivity contribution is 5.69. The fourth-order valence-corrected chi connectivity index (χ4v) is 2.97. The molecule has 0 spiro atoms. The van der Waals surface area contributed by atoms with E-state index in [-0.39, 0.29) is 12.4 Å². The second kappa shape index (κ2) is 18.8. The number of esters is 1. The Hall–Kier alpha value is -0.570. The van der Waals surface area contributed by atoms with Crippen LogP contribution < -0.4 is 0 Å². The smallest absolute Gasteiger partial charge is 0.308 e. The summed E-state index contributed by atoms with van der Waals surface area (Å²) in [6.07, 6.45) is 18.4. The Kier molecular flexibility index (Phi) is 18.3. The van der Waals surface area contributed by atoms with Crippen molar-refractivity contribution in [3.05, 3.63) is 0 Å². The first kappa shape index (κ1) is 23.4. The first-order valence-electron chi connectivity index (χ1n) is 10.5. The minimum Gasteiger partial charge on any atom is -0.466 e. The van der Waals surface area contributed by atoms with Crippen molar-refractivity contribution >= 4 is 5.97 Å². The molecule has 3 nitrogen and oxygen atoms in total. The number of rotatable bonds is 18. The van der Waals surface area contributed by atoms with Crippen molar-refractivity contribution in [1.29, 1.82) is 0 Å². The Labute approximate surface area is 150 Å². The van der Waals surface area contributed by atoms with Crippen LogP contribution in [-0.2, 0) is 9.53 Å². The molecule has 0 aliphatic rings. The lowest BCUT2D eigenvalue weighted by Crippen LogP contribution is -2.16. The molecule has 0 heterocycles. The van der Waals surface area contributed by atoms with E-state index in [1.165, 1.54) is 70.6 Å². The van der Waals surface area contributed by atoms with Gasteiger partial charge in [0.1, 0.15) is 0 Å². The van der Waals surface area contributed by atoms with Crippen LogP contribution in [-0.4, -0.2) is 23.8 Å². The van der Waals surface area contributed by atoms with E-state index in [2.05, 4.69) is 6.92 Å². The zero-order valence-electron chi connectivity index (χ0n) is 16.4. The summed E-state index contributed by atoms with van der Waals surface area (Å²) in [5.41, 5.74) is 0. The Balaban J connectivity index is 3.20. The third-order valence-electron chi connectivity index (χ3n) is 4.51. The third kappa shape index (κ3) is 17.8. The lowest BCUT2D eigenvalue weighted by molar-refractivity contribution is -0.145. The number of carbonyl (C=O) groups is 1. The topological polar surface area (TPSA) is 46.5 Å². The van der Waals surface area contributed by atoms with Gasteiger partial charge in [-0.2, -0.15) is 0 Å². The first-order valence-corrected chi connectivity index (χ1v) is 10.5. The standard InChI is InChI=1S/C21H42O3/c1-3-5-6-7-8-9-10-11-12-13-14-15-16-17-20(22)19-21(23)24-18-4-2/h20,22H,3-19H2,1-2H3. The minimum atomic E-state index is -0.526. The van der Waals surface area contributed by atoms with Gasteiger partial charge < -0.3 is 9.84 Å². The number of hydrogen-bond acceptors (Lipinski definition) is 3. The van der Waals surface area contributed by atoms with E-state index < -0.39 is 6.10 Å². The van der Waals surface area contributed by atoms with Crippen LogP contribution in [0.1, 0.15) is 117 Å². The molecule has 24 heavy (non-hydrogen) atoms. The molecular formula is C21H42O3. The van der Waals surface area contributed by atoms with Crippen LogP contribution in [0.25, 0.3) is 0 Å². The van der Waals surface area contributed by atoms with Crippen molar-refractivity contribution in [1.82, 2.24) is 0 Å². The van der Waals surface area contributed by atoms with Crippen molar-refractivity contribution in [2.24, 2.45) is 0 Å². The normalized spacial score (nSPS) is 12.3. The van der Waals surface area contributed by atoms with E-state index in [9.17, 15) is 9.90 Å². The van der Waals surface area contributed by atoms with Crippen molar-refractivity contribution in [2.45, 2.75) is 123 Å². The minimum absolute atomic E-state index is 0.151. The molecule has 1 atom stereocenters. The molecular weight excluding hydrogens is 300 g/mol. The van der Waals surface area contributed by atoms with E-state index in [0.29, 0.717) is 6.61 Å². The highest BCUT2D eigenvalue weighted by atomic mass is 16.5. The van der Waals surface area contributed by atoms with Crippen molar-refractivity contribution in [2.75, 3.05) is 6.61 Å². The number of aliphatic hydroxyl groups is 1. The van der Waals surface area contributed by atoms with E-state index in [4.69, 9.17) is 4.74 Å². The molecule has 3 heteroatoms. The second-order valence-electron chi connectivity index (χ2n) is 7.11. The van der Waals surface area contributed by atoms with E-state index in [0.717, 1.165) is 25.7 Å². The Morgan fingerprint density at radius 2 is 1.21 bits per heavy atom. The maximum absolute atomic E-state index is 11.4. The van der Waals surface area contributed by atoms with Gasteiger partial charge in [-0.25, -0.2) is 0 Å². The largest absolute Gasteiger partial charge is 0.466 e. The SMILES string of the molecule is CCCCCCCCCCCCCCCC(O)CC(=O)OCCC. The molecule has 1 N–H and O–H groups in total. The van der Waals surface area contributed by atoms with Crippen LogP contribution >= 0.6 is 0 Å². The molecule has 0 aromatic carbocycles. The maximum Gasteiger partial charge on any atom is 0.308 e. The second-order valence-corrected chi connectivity index (χ2v) is 7.11. The molecule has 0 amide bonds. The lowest BCUT2D eigenvalue weighted by Gasteiger charge is -2.10. The van der Waals surface area contributed by atoms with Gasteiger partial charge in [-0.1, -0.05) is 97.3 Å². The van der Waals surface area contributed by atoms with E-state index in [1.807, 2.05) is 6.92 Å². The molecule has 0 bridgehead atoms. The molecule has 144 valence electrons. The van der Waals surface area contributed by atoms with Gasteiger partial charge in [0.25, 0.3) is 0 Å². The van der Waals surface area contributed by atoms with Crippen molar-refractivity contribution in [3.63, 3.8) is 0 Å². The van der Waals surface area contributed by atoms with E-state index in [1.54, 1.807) is 0 Å². The molecule has 0 aromatic rings. The van der Waals surface area contributed by atoms with Crippen molar-refractivity contribution < 1.29 is 14.6 Å². The molecule has 0 saturated heterocycles.